The van der Waals surface area contributed by atoms with E-state index in [-0.39, 0.29) is 41.1 Å². The van der Waals surface area contributed by atoms with Gasteiger partial charge in [-0.1, -0.05) is 12.1 Å². The summed E-state index contributed by atoms with van der Waals surface area (Å²) in [4.78, 5) is 25.5. The lowest BCUT2D eigenvalue weighted by Gasteiger charge is -2.46. The Morgan fingerprint density at radius 3 is 2.34 bits per heavy atom. The minimum atomic E-state index is -0.169. The van der Waals surface area contributed by atoms with Crippen molar-refractivity contribution in [3.8, 4) is 5.75 Å². The van der Waals surface area contributed by atoms with Crippen molar-refractivity contribution in [2.75, 3.05) is 5.32 Å². The molecule has 2 aromatic carbocycles. The number of aryl methyl sites for hydroxylation is 2. The zero-order valence-corrected chi connectivity index (χ0v) is 19.9. The number of rotatable bonds is 5. The number of phenolic OH excluding ortho intramolecular Hbond substituents is 1. The smallest absolute Gasteiger partial charge is 0.251 e. The lowest BCUT2D eigenvalue weighted by molar-refractivity contribution is -0.115. The molecule has 1 aliphatic rings. The number of carbonyl (C=O) groups is 2. The number of phenols is 1. The van der Waals surface area contributed by atoms with Crippen LogP contribution in [0.15, 0.2) is 36.4 Å². The summed E-state index contributed by atoms with van der Waals surface area (Å²) in [5.74, 6) is -0.0758. The van der Waals surface area contributed by atoms with Gasteiger partial charge in [-0.15, -0.1) is 0 Å². The number of carbonyl (C=O) groups excluding carboxylic acids is 2. The number of benzene rings is 2. The van der Waals surface area contributed by atoms with Gasteiger partial charge in [0.1, 0.15) is 5.75 Å². The van der Waals surface area contributed by atoms with Crippen molar-refractivity contribution in [1.29, 1.82) is 0 Å². The normalized spacial score (nSPS) is 17.6. The van der Waals surface area contributed by atoms with Gasteiger partial charge in [-0.05, 0) is 95.3 Å². The van der Waals surface area contributed by atoms with E-state index in [0.29, 0.717) is 16.8 Å². The summed E-state index contributed by atoms with van der Waals surface area (Å²) in [6.45, 7) is 12.3. The standard InChI is InChI=1S/C26H35N3O3/c1-16-11-22(30)17(2)10-21(16)28-23(31)13-18-8-7-9-19(12-18)24(32)27-20-14-25(3,4)29-26(5,6)15-20/h7-12,20,29-30H,13-15H2,1-6H3,(H,27,32)(H,28,31). The van der Waals surface area contributed by atoms with Crippen molar-refractivity contribution in [3.05, 3.63) is 58.7 Å². The first-order valence-electron chi connectivity index (χ1n) is 11.1. The van der Waals surface area contributed by atoms with Crippen molar-refractivity contribution in [1.82, 2.24) is 10.6 Å². The van der Waals surface area contributed by atoms with Crippen molar-refractivity contribution in [2.45, 2.75) is 77.9 Å². The fourth-order valence-corrected chi connectivity index (χ4v) is 4.83. The van der Waals surface area contributed by atoms with E-state index in [4.69, 9.17) is 0 Å². The molecule has 0 unspecified atom stereocenters. The third kappa shape index (κ3) is 6.10. The second-order valence-electron chi connectivity index (χ2n) is 10.4. The highest BCUT2D eigenvalue weighted by atomic mass is 16.3. The number of piperidine rings is 1. The molecule has 2 aromatic rings. The summed E-state index contributed by atoms with van der Waals surface area (Å²) in [7, 11) is 0. The van der Waals surface area contributed by atoms with Gasteiger partial charge in [0.05, 0.1) is 6.42 Å². The first-order chi connectivity index (χ1) is 14.8. The van der Waals surface area contributed by atoms with E-state index in [9.17, 15) is 14.7 Å². The average Bonchev–Trinajstić information content (AvgIpc) is 2.63. The molecule has 0 atom stereocenters. The first-order valence-corrected chi connectivity index (χ1v) is 11.1. The van der Waals surface area contributed by atoms with Gasteiger partial charge >= 0.3 is 0 Å². The zero-order valence-electron chi connectivity index (χ0n) is 19.9. The Balaban J connectivity index is 1.65. The summed E-state index contributed by atoms with van der Waals surface area (Å²) >= 11 is 0. The van der Waals surface area contributed by atoms with Crippen LogP contribution in [0.2, 0.25) is 0 Å². The molecule has 2 amide bonds. The molecule has 6 nitrogen and oxygen atoms in total. The predicted octanol–water partition coefficient (Wildman–Crippen LogP) is 4.23. The number of nitrogens with one attached hydrogen (secondary N) is 3. The van der Waals surface area contributed by atoms with Gasteiger partial charge in [-0.25, -0.2) is 0 Å². The van der Waals surface area contributed by atoms with Crippen LogP contribution in [0.1, 0.15) is 67.6 Å². The largest absolute Gasteiger partial charge is 0.508 e. The summed E-state index contributed by atoms with van der Waals surface area (Å²) in [5.41, 5.74) is 3.40. The third-order valence-corrected chi connectivity index (χ3v) is 5.90. The minimum absolute atomic E-state index is 0.0512. The SMILES string of the molecule is Cc1cc(NC(=O)Cc2cccc(C(=O)NC3CC(C)(C)NC(C)(C)C3)c2)c(C)cc1O. The van der Waals surface area contributed by atoms with E-state index in [0.717, 1.165) is 24.0 Å². The van der Waals surface area contributed by atoms with Crippen molar-refractivity contribution >= 4 is 17.5 Å². The Kier molecular flexibility index (Phi) is 6.65. The van der Waals surface area contributed by atoms with Crippen LogP contribution in [-0.2, 0) is 11.2 Å². The van der Waals surface area contributed by atoms with Gasteiger partial charge < -0.3 is 21.1 Å². The van der Waals surface area contributed by atoms with Crippen LogP contribution in [0, 0.1) is 13.8 Å². The molecule has 0 radical (unpaired) electrons. The van der Waals surface area contributed by atoms with Crippen molar-refractivity contribution in [2.24, 2.45) is 0 Å². The van der Waals surface area contributed by atoms with Crippen LogP contribution in [0.5, 0.6) is 5.75 Å². The van der Waals surface area contributed by atoms with E-state index in [1.165, 1.54) is 0 Å². The van der Waals surface area contributed by atoms with Gasteiger partial charge in [0.2, 0.25) is 5.91 Å². The molecule has 0 aliphatic carbocycles. The minimum Gasteiger partial charge on any atom is -0.508 e. The van der Waals surface area contributed by atoms with E-state index in [1.54, 1.807) is 31.2 Å². The lowest BCUT2D eigenvalue weighted by atomic mass is 9.79. The van der Waals surface area contributed by atoms with Crippen LogP contribution in [0.4, 0.5) is 5.69 Å². The fraction of sp³-hybridized carbons (Fsp3) is 0.462. The Morgan fingerprint density at radius 2 is 1.69 bits per heavy atom. The van der Waals surface area contributed by atoms with Crippen LogP contribution < -0.4 is 16.0 Å². The second-order valence-corrected chi connectivity index (χ2v) is 10.4. The van der Waals surface area contributed by atoms with Crippen molar-refractivity contribution in [3.63, 3.8) is 0 Å². The summed E-state index contributed by atoms with van der Waals surface area (Å²) in [6.07, 6.45) is 1.87. The molecule has 0 aromatic heterocycles. The molecule has 3 rings (SSSR count). The first kappa shape index (κ1) is 23.8. The molecular formula is C26H35N3O3. The van der Waals surface area contributed by atoms with Crippen molar-refractivity contribution < 1.29 is 14.7 Å². The maximum Gasteiger partial charge on any atom is 0.251 e. The summed E-state index contributed by atoms with van der Waals surface area (Å²) in [6, 6.07) is 10.7. The molecule has 1 fully saturated rings. The molecule has 172 valence electrons. The van der Waals surface area contributed by atoms with Gasteiger partial charge in [-0.3, -0.25) is 9.59 Å². The number of hydrogen-bond acceptors (Lipinski definition) is 4. The second kappa shape index (κ2) is 8.94. The van der Waals surface area contributed by atoms with E-state index in [2.05, 4.69) is 43.6 Å². The third-order valence-electron chi connectivity index (χ3n) is 5.90. The highest BCUT2D eigenvalue weighted by Crippen LogP contribution is 2.29. The summed E-state index contributed by atoms with van der Waals surface area (Å²) in [5, 5.41) is 19.5. The molecule has 32 heavy (non-hydrogen) atoms. The van der Waals surface area contributed by atoms with Gasteiger partial charge in [0, 0.05) is 28.4 Å². The highest BCUT2D eigenvalue weighted by Gasteiger charge is 2.38. The van der Waals surface area contributed by atoms with E-state index < -0.39 is 0 Å². The van der Waals surface area contributed by atoms with Gasteiger partial charge in [-0.2, -0.15) is 0 Å². The zero-order chi connectivity index (χ0) is 23.7. The number of anilines is 1. The number of hydrogen-bond donors (Lipinski definition) is 4. The summed E-state index contributed by atoms with van der Waals surface area (Å²) < 4.78 is 0. The predicted molar refractivity (Wildman–Crippen MR) is 128 cm³/mol. The Bertz CT molecular complexity index is 1010. The highest BCUT2D eigenvalue weighted by molar-refractivity contribution is 5.96. The Labute approximate surface area is 190 Å². The molecule has 0 spiro atoms. The maximum atomic E-state index is 12.9. The van der Waals surface area contributed by atoms with Crippen LogP contribution >= 0.6 is 0 Å². The molecule has 0 bridgehead atoms. The quantitative estimate of drug-likeness (QED) is 0.527. The monoisotopic (exact) mass is 437 g/mol. The Hall–Kier alpha value is -2.86. The van der Waals surface area contributed by atoms with Gasteiger partial charge in [0.15, 0.2) is 0 Å². The molecule has 6 heteroatoms. The Morgan fingerprint density at radius 1 is 1.03 bits per heavy atom. The van der Waals surface area contributed by atoms with Crippen LogP contribution in [0.3, 0.4) is 0 Å². The molecule has 1 heterocycles. The molecular weight excluding hydrogens is 402 g/mol. The number of aromatic hydroxyl groups is 1. The molecule has 0 saturated carbocycles. The van der Waals surface area contributed by atoms with Crippen LogP contribution in [0.25, 0.3) is 0 Å². The van der Waals surface area contributed by atoms with Crippen LogP contribution in [-0.4, -0.2) is 34.0 Å². The van der Waals surface area contributed by atoms with Gasteiger partial charge in [0.25, 0.3) is 5.91 Å². The molecule has 1 aliphatic heterocycles. The molecule has 4 N–H and O–H groups in total. The van der Waals surface area contributed by atoms with E-state index >= 15 is 0 Å². The maximum absolute atomic E-state index is 12.9. The molecule has 1 saturated heterocycles. The fourth-order valence-electron chi connectivity index (χ4n) is 4.83. The van der Waals surface area contributed by atoms with E-state index in [1.807, 2.05) is 19.1 Å². The average molecular weight is 438 g/mol. The lowest BCUT2D eigenvalue weighted by Crippen LogP contribution is -2.62. The number of amides is 2. The topological polar surface area (TPSA) is 90.5 Å².